The van der Waals surface area contributed by atoms with Crippen LogP contribution in [-0.4, -0.2) is 49.2 Å². The fourth-order valence-corrected chi connectivity index (χ4v) is 2.35. The number of pyridine rings is 1. The number of nitrogens with one attached hydrogen (secondary N) is 1. The zero-order valence-electron chi connectivity index (χ0n) is 11.1. The third-order valence-corrected chi connectivity index (χ3v) is 3.32. The van der Waals surface area contributed by atoms with E-state index in [1.165, 1.54) is 0 Å². The molecule has 1 fully saturated rings. The lowest BCUT2D eigenvalue weighted by molar-refractivity contribution is 0.156. The van der Waals surface area contributed by atoms with Crippen LogP contribution in [0.3, 0.4) is 0 Å². The van der Waals surface area contributed by atoms with Crippen molar-refractivity contribution in [3.05, 3.63) is 23.5 Å². The van der Waals surface area contributed by atoms with Gasteiger partial charge in [-0.05, 0) is 6.92 Å². The third kappa shape index (κ3) is 3.19. The Labute approximate surface area is 108 Å². The van der Waals surface area contributed by atoms with Crippen LogP contribution in [-0.2, 0) is 6.54 Å². The van der Waals surface area contributed by atoms with Crippen molar-refractivity contribution in [2.24, 2.45) is 5.73 Å². The SMILES string of the molecule is COc1cc(C)nc(CN2CCNCC2CN)c1. The van der Waals surface area contributed by atoms with Gasteiger partial charge in [-0.1, -0.05) is 0 Å². The molecule has 5 heteroatoms. The van der Waals surface area contributed by atoms with Crippen molar-refractivity contribution in [3.8, 4) is 5.75 Å². The number of hydrogen-bond donors (Lipinski definition) is 2. The smallest absolute Gasteiger partial charge is 0.122 e. The molecule has 1 unspecified atom stereocenters. The van der Waals surface area contributed by atoms with E-state index in [-0.39, 0.29) is 0 Å². The van der Waals surface area contributed by atoms with Crippen molar-refractivity contribution >= 4 is 0 Å². The highest BCUT2D eigenvalue weighted by molar-refractivity contribution is 5.26. The van der Waals surface area contributed by atoms with Crippen LogP contribution >= 0.6 is 0 Å². The molecule has 5 nitrogen and oxygen atoms in total. The van der Waals surface area contributed by atoms with Gasteiger partial charge in [0, 0.05) is 56.6 Å². The Balaban J connectivity index is 2.09. The van der Waals surface area contributed by atoms with E-state index in [4.69, 9.17) is 10.5 Å². The van der Waals surface area contributed by atoms with Gasteiger partial charge >= 0.3 is 0 Å². The van der Waals surface area contributed by atoms with Gasteiger partial charge in [0.15, 0.2) is 0 Å². The summed E-state index contributed by atoms with van der Waals surface area (Å²) >= 11 is 0. The van der Waals surface area contributed by atoms with Crippen molar-refractivity contribution in [2.75, 3.05) is 33.3 Å². The molecule has 0 bridgehead atoms. The number of ether oxygens (including phenoxy) is 1. The van der Waals surface area contributed by atoms with E-state index in [9.17, 15) is 0 Å². The summed E-state index contributed by atoms with van der Waals surface area (Å²) in [7, 11) is 1.69. The molecule has 3 N–H and O–H groups in total. The van der Waals surface area contributed by atoms with Crippen LogP contribution in [0.1, 0.15) is 11.4 Å². The van der Waals surface area contributed by atoms with Gasteiger partial charge in [-0.2, -0.15) is 0 Å². The Morgan fingerprint density at radius 2 is 2.39 bits per heavy atom. The second-order valence-electron chi connectivity index (χ2n) is 4.70. The maximum Gasteiger partial charge on any atom is 0.122 e. The van der Waals surface area contributed by atoms with Crippen LogP contribution in [0, 0.1) is 6.92 Å². The average molecular weight is 250 g/mol. The largest absolute Gasteiger partial charge is 0.497 e. The summed E-state index contributed by atoms with van der Waals surface area (Å²) in [5.74, 6) is 0.872. The van der Waals surface area contributed by atoms with E-state index in [1.807, 2.05) is 19.1 Å². The number of nitrogens with two attached hydrogens (primary N) is 1. The highest BCUT2D eigenvalue weighted by atomic mass is 16.5. The maximum atomic E-state index is 5.81. The van der Waals surface area contributed by atoms with E-state index < -0.39 is 0 Å². The quantitative estimate of drug-likeness (QED) is 0.795. The van der Waals surface area contributed by atoms with Crippen molar-refractivity contribution in [1.82, 2.24) is 15.2 Å². The molecule has 0 radical (unpaired) electrons. The number of piperazine rings is 1. The van der Waals surface area contributed by atoms with Gasteiger partial charge < -0.3 is 15.8 Å². The fraction of sp³-hybridized carbons (Fsp3) is 0.615. The minimum absolute atomic E-state index is 0.395. The molecule has 0 aliphatic carbocycles. The Morgan fingerprint density at radius 3 is 3.11 bits per heavy atom. The van der Waals surface area contributed by atoms with Crippen molar-refractivity contribution in [1.29, 1.82) is 0 Å². The van der Waals surface area contributed by atoms with E-state index in [0.29, 0.717) is 12.6 Å². The molecule has 18 heavy (non-hydrogen) atoms. The topological polar surface area (TPSA) is 63.4 Å². The molecule has 2 rings (SSSR count). The highest BCUT2D eigenvalue weighted by Gasteiger charge is 2.21. The molecule has 0 spiro atoms. The molecule has 1 aliphatic heterocycles. The van der Waals surface area contributed by atoms with Gasteiger partial charge in [-0.3, -0.25) is 9.88 Å². The first-order valence-electron chi connectivity index (χ1n) is 6.39. The molecule has 1 saturated heterocycles. The monoisotopic (exact) mass is 250 g/mol. The number of methoxy groups -OCH3 is 1. The molecule has 100 valence electrons. The zero-order valence-corrected chi connectivity index (χ0v) is 11.1. The highest BCUT2D eigenvalue weighted by Crippen LogP contribution is 2.16. The first kappa shape index (κ1) is 13.3. The molecule has 1 aliphatic rings. The third-order valence-electron chi connectivity index (χ3n) is 3.32. The number of aromatic nitrogens is 1. The van der Waals surface area contributed by atoms with Gasteiger partial charge in [0.05, 0.1) is 12.8 Å². The van der Waals surface area contributed by atoms with Crippen LogP contribution in [0.15, 0.2) is 12.1 Å². The van der Waals surface area contributed by atoms with Gasteiger partial charge in [0.1, 0.15) is 5.75 Å². The van der Waals surface area contributed by atoms with Crippen molar-refractivity contribution in [3.63, 3.8) is 0 Å². The first-order chi connectivity index (χ1) is 8.72. The van der Waals surface area contributed by atoms with Crippen molar-refractivity contribution < 1.29 is 4.74 Å². The predicted molar refractivity (Wildman–Crippen MR) is 71.6 cm³/mol. The predicted octanol–water partition coefficient (Wildman–Crippen LogP) is 0.131. The van der Waals surface area contributed by atoms with E-state index >= 15 is 0 Å². The van der Waals surface area contributed by atoms with E-state index in [0.717, 1.165) is 43.3 Å². The normalized spacial score (nSPS) is 20.9. The summed E-state index contributed by atoms with van der Waals surface area (Å²) in [6.07, 6.45) is 0. The molecule has 1 aromatic rings. The summed E-state index contributed by atoms with van der Waals surface area (Å²) < 4.78 is 5.28. The van der Waals surface area contributed by atoms with Crippen LogP contribution < -0.4 is 15.8 Å². The molecule has 1 aromatic heterocycles. The molecule has 1 atom stereocenters. The summed E-state index contributed by atoms with van der Waals surface area (Å²) in [6, 6.07) is 4.34. The molecule has 0 saturated carbocycles. The average Bonchev–Trinajstić information content (AvgIpc) is 2.38. The van der Waals surface area contributed by atoms with Crippen LogP contribution in [0.2, 0.25) is 0 Å². The lowest BCUT2D eigenvalue weighted by Crippen LogP contribution is -2.53. The summed E-state index contributed by atoms with van der Waals surface area (Å²) in [5, 5.41) is 3.37. The van der Waals surface area contributed by atoms with Gasteiger partial charge in [-0.25, -0.2) is 0 Å². The number of hydrogen-bond acceptors (Lipinski definition) is 5. The second-order valence-corrected chi connectivity index (χ2v) is 4.70. The van der Waals surface area contributed by atoms with Gasteiger partial charge in [-0.15, -0.1) is 0 Å². The molecule has 0 amide bonds. The minimum Gasteiger partial charge on any atom is -0.497 e. The van der Waals surface area contributed by atoms with E-state index in [2.05, 4.69) is 15.2 Å². The fourth-order valence-electron chi connectivity index (χ4n) is 2.35. The van der Waals surface area contributed by atoms with Crippen LogP contribution in [0.25, 0.3) is 0 Å². The van der Waals surface area contributed by atoms with Crippen LogP contribution in [0.4, 0.5) is 0 Å². The van der Waals surface area contributed by atoms with Gasteiger partial charge in [0.25, 0.3) is 0 Å². The number of aryl methyl sites for hydroxylation is 1. The lowest BCUT2D eigenvalue weighted by atomic mass is 10.1. The molecular weight excluding hydrogens is 228 g/mol. The van der Waals surface area contributed by atoms with Crippen LogP contribution in [0.5, 0.6) is 5.75 Å². The standard InChI is InChI=1S/C13H22N4O/c1-10-5-13(18-2)6-11(16-10)9-17-4-3-15-8-12(17)7-14/h5-6,12,15H,3-4,7-9,14H2,1-2H3. The summed E-state index contributed by atoms with van der Waals surface area (Å²) in [5.41, 5.74) is 7.84. The molecule has 2 heterocycles. The molecular formula is C13H22N4O. The summed E-state index contributed by atoms with van der Waals surface area (Å²) in [6.45, 7) is 6.49. The lowest BCUT2D eigenvalue weighted by Gasteiger charge is -2.35. The number of rotatable bonds is 4. The maximum absolute atomic E-state index is 5.81. The van der Waals surface area contributed by atoms with E-state index in [1.54, 1.807) is 7.11 Å². The Kier molecular flexibility index (Phi) is 4.52. The van der Waals surface area contributed by atoms with Gasteiger partial charge in [0.2, 0.25) is 0 Å². The summed E-state index contributed by atoms with van der Waals surface area (Å²) in [4.78, 5) is 6.95. The zero-order chi connectivity index (χ0) is 13.0. The van der Waals surface area contributed by atoms with Crippen molar-refractivity contribution in [2.45, 2.75) is 19.5 Å². The Bertz CT molecular complexity index is 397. The Hall–Kier alpha value is -1.17. The minimum atomic E-state index is 0.395. The molecule has 0 aromatic carbocycles. The first-order valence-corrected chi connectivity index (χ1v) is 6.39. The Morgan fingerprint density at radius 1 is 1.56 bits per heavy atom. The second kappa shape index (κ2) is 6.13. The number of nitrogens with zero attached hydrogens (tertiary/aromatic N) is 2.